The summed E-state index contributed by atoms with van der Waals surface area (Å²) in [5, 5.41) is 6.99. The molecule has 14 heavy (non-hydrogen) atoms. The van der Waals surface area contributed by atoms with Crippen molar-refractivity contribution in [2.24, 2.45) is 11.1 Å². The molecule has 1 atom stereocenters. The molecule has 0 saturated carbocycles. The van der Waals surface area contributed by atoms with Gasteiger partial charge in [-0.25, -0.2) is 0 Å². The van der Waals surface area contributed by atoms with E-state index < -0.39 is 0 Å². The van der Waals surface area contributed by atoms with Gasteiger partial charge in [0, 0.05) is 31.2 Å². The van der Waals surface area contributed by atoms with E-state index >= 15 is 0 Å². The Labute approximate surface area is 87.8 Å². The van der Waals surface area contributed by atoms with E-state index in [1.807, 2.05) is 0 Å². The monoisotopic (exact) mass is 199 g/mol. The largest absolute Gasteiger partial charge is 0.326 e. The molecule has 0 aromatic heterocycles. The summed E-state index contributed by atoms with van der Waals surface area (Å²) in [6, 6.07) is 0.541. The Morgan fingerprint density at radius 1 is 1.21 bits per heavy atom. The predicted octanol–water partition coefficient (Wildman–Crippen LogP) is 0.701. The molecule has 4 N–H and O–H groups in total. The number of hydrogen-bond acceptors (Lipinski definition) is 3. The van der Waals surface area contributed by atoms with Crippen LogP contribution in [0.15, 0.2) is 0 Å². The zero-order valence-electron chi connectivity index (χ0n) is 9.98. The molecule has 0 radical (unpaired) electrons. The number of hydrogen-bond donors (Lipinski definition) is 3. The quantitative estimate of drug-likeness (QED) is 0.627. The smallest absolute Gasteiger partial charge is 0.0244 e. The van der Waals surface area contributed by atoms with Crippen molar-refractivity contribution in [1.29, 1.82) is 0 Å². The summed E-state index contributed by atoms with van der Waals surface area (Å²) in [6.07, 6.45) is 1.04. The maximum absolute atomic E-state index is 6.08. The summed E-state index contributed by atoms with van der Waals surface area (Å²) < 4.78 is 0. The molecule has 0 aromatic rings. The summed E-state index contributed by atoms with van der Waals surface area (Å²) in [4.78, 5) is 0. The van der Waals surface area contributed by atoms with E-state index in [2.05, 4.69) is 38.3 Å². The van der Waals surface area contributed by atoms with Crippen LogP contribution in [0.5, 0.6) is 0 Å². The summed E-state index contributed by atoms with van der Waals surface area (Å²) in [6.45, 7) is 12.0. The van der Waals surface area contributed by atoms with Crippen LogP contribution >= 0.6 is 0 Å². The van der Waals surface area contributed by atoms with Crippen LogP contribution < -0.4 is 16.4 Å². The van der Waals surface area contributed by atoms with Crippen LogP contribution in [-0.2, 0) is 0 Å². The average Bonchev–Trinajstić information content (AvgIpc) is 2.01. The lowest BCUT2D eigenvalue weighted by atomic mass is 9.74. The van der Waals surface area contributed by atoms with Crippen molar-refractivity contribution in [3.05, 3.63) is 0 Å². The fraction of sp³-hybridized carbons (Fsp3) is 1.00. The second kappa shape index (κ2) is 4.17. The van der Waals surface area contributed by atoms with Crippen LogP contribution in [0, 0.1) is 5.41 Å². The topological polar surface area (TPSA) is 50.1 Å². The van der Waals surface area contributed by atoms with E-state index in [-0.39, 0.29) is 11.0 Å². The molecule has 0 bridgehead atoms. The summed E-state index contributed by atoms with van der Waals surface area (Å²) in [5.74, 6) is 0. The standard InChI is InChI=1S/C11H25N3/c1-10(2,8-11(3,4)12)9-7-13-5-6-14-9/h9,13-14H,5-8,12H2,1-4H3. The highest BCUT2D eigenvalue weighted by Crippen LogP contribution is 2.30. The first-order valence-electron chi connectivity index (χ1n) is 5.54. The molecule has 0 aliphatic carbocycles. The van der Waals surface area contributed by atoms with Crippen LogP contribution in [0.1, 0.15) is 34.1 Å². The maximum atomic E-state index is 6.08. The van der Waals surface area contributed by atoms with E-state index in [4.69, 9.17) is 5.73 Å². The second-order valence-corrected chi connectivity index (χ2v) is 5.86. The van der Waals surface area contributed by atoms with E-state index in [1.54, 1.807) is 0 Å². The third kappa shape index (κ3) is 3.56. The fourth-order valence-corrected chi connectivity index (χ4v) is 2.50. The molecule has 1 heterocycles. The van der Waals surface area contributed by atoms with Gasteiger partial charge in [0.15, 0.2) is 0 Å². The van der Waals surface area contributed by atoms with Crippen molar-refractivity contribution in [1.82, 2.24) is 10.6 Å². The van der Waals surface area contributed by atoms with Crippen molar-refractivity contribution < 1.29 is 0 Å². The number of rotatable bonds is 3. The highest BCUT2D eigenvalue weighted by Gasteiger charge is 2.34. The molecule has 0 aromatic carbocycles. The molecule has 1 aliphatic heterocycles. The van der Waals surface area contributed by atoms with Crippen molar-refractivity contribution in [3.63, 3.8) is 0 Å². The number of piperazine rings is 1. The molecular formula is C11H25N3. The van der Waals surface area contributed by atoms with Gasteiger partial charge in [-0.15, -0.1) is 0 Å². The summed E-state index contributed by atoms with van der Waals surface area (Å²) in [5.41, 5.74) is 6.25. The van der Waals surface area contributed by atoms with E-state index in [9.17, 15) is 0 Å². The highest BCUT2D eigenvalue weighted by atomic mass is 15.1. The van der Waals surface area contributed by atoms with Gasteiger partial charge >= 0.3 is 0 Å². The van der Waals surface area contributed by atoms with Gasteiger partial charge in [0.25, 0.3) is 0 Å². The zero-order chi connectivity index (χ0) is 10.8. The van der Waals surface area contributed by atoms with Crippen molar-refractivity contribution >= 4 is 0 Å². The average molecular weight is 199 g/mol. The minimum atomic E-state index is -0.0807. The number of nitrogens with two attached hydrogens (primary N) is 1. The van der Waals surface area contributed by atoms with Gasteiger partial charge in [0.1, 0.15) is 0 Å². The van der Waals surface area contributed by atoms with Crippen LogP contribution in [-0.4, -0.2) is 31.2 Å². The van der Waals surface area contributed by atoms with Gasteiger partial charge in [-0.05, 0) is 25.7 Å². The Hall–Kier alpha value is -0.120. The minimum Gasteiger partial charge on any atom is -0.326 e. The Bertz CT molecular complexity index is 175. The molecule has 0 spiro atoms. The van der Waals surface area contributed by atoms with Gasteiger partial charge in [-0.3, -0.25) is 0 Å². The van der Waals surface area contributed by atoms with Crippen molar-refractivity contribution in [2.45, 2.75) is 45.7 Å². The van der Waals surface area contributed by atoms with E-state index in [1.165, 1.54) is 0 Å². The molecule has 0 amide bonds. The Balaban J connectivity index is 2.54. The Morgan fingerprint density at radius 2 is 1.86 bits per heavy atom. The molecular weight excluding hydrogens is 174 g/mol. The molecule has 3 heteroatoms. The SMILES string of the molecule is CC(C)(N)CC(C)(C)C1CNCCN1. The van der Waals surface area contributed by atoms with Gasteiger partial charge in [0.2, 0.25) is 0 Å². The Kier molecular flexibility index (Phi) is 3.56. The van der Waals surface area contributed by atoms with E-state index in [0.717, 1.165) is 26.1 Å². The molecule has 3 nitrogen and oxygen atoms in total. The van der Waals surface area contributed by atoms with Crippen LogP contribution in [0.3, 0.4) is 0 Å². The Morgan fingerprint density at radius 3 is 2.29 bits per heavy atom. The molecule has 1 aliphatic rings. The zero-order valence-corrected chi connectivity index (χ0v) is 9.98. The molecule has 1 unspecified atom stereocenters. The summed E-state index contributed by atoms with van der Waals surface area (Å²) >= 11 is 0. The first-order chi connectivity index (χ1) is 6.31. The third-order valence-corrected chi connectivity index (χ3v) is 2.90. The molecule has 1 rings (SSSR count). The summed E-state index contributed by atoms with van der Waals surface area (Å²) in [7, 11) is 0. The van der Waals surface area contributed by atoms with Crippen LogP contribution in [0.4, 0.5) is 0 Å². The molecule has 1 fully saturated rings. The van der Waals surface area contributed by atoms with Crippen molar-refractivity contribution in [3.8, 4) is 0 Å². The normalized spacial score (nSPS) is 25.1. The first kappa shape index (κ1) is 12.0. The lowest BCUT2D eigenvalue weighted by molar-refractivity contribution is 0.166. The lowest BCUT2D eigenvalue weighted by Crippen LogP contribution is -2.57. The second-order valence-electron chi connectivity index (χ2n) is 5.86. The van der Waals surface area contributed by atoms with Crippen LogP contribution in [0.25, 0.3) is 0 Å². The van der Waals surface area contributed by atoms with Gasteiger partial charge < -0.3 is 16.4 Å². The third-order valence-electron chi connectivity index (χ3n) is 2.90. The lowest BCUT2D eigenvalue weighted by Gasteiger charge is -2.41. The van der Waals surface area contributed by atoms with Crippen molar-refractivity contribution in [2.75, 3.05) is 19.6 Å². The molecule has 84 valence electrons. The minimum absolute atomic E-state index is 0.0807. The van der Waals surface area contributed by atoms with Gasteiger partial charge in [0.05, 0.1) is 0 Å². The first-order valence-corrected chi connectivity index (χ1v) is 5.54. The molecule has 1 saturated heterocycles. The number of nitrogens with one attached hydrogen (secondary N) is 2. The predicted molar refractivity (Wildman–Crippen MR) is 61.3 cm³/mol. The maximum Gasteiger partial charge on any atom is 0.0244 e. The fourth-order valence-electron chi connectivity index (χ4n) is 2.50. The van der Waals surface area contributed by atoms with E-state index in [0.29, 0.717) is 6.04 Å². The highest BCUT2D eigenvalue weighted by molar-refractivity contribution is 4.93. The van der Waals surface area contributed by atoms with Gasteiger partial charge in [-0.2, -0.15) is 0 Å². The van der Waals surface area contributed by atoms with Gasteiger partial charge in [-0.1, -0.05) is 13.8 Å². The van der Waals surface area contributed by atoms with Crippen LogP contribution in [0.2, 0.25) is 0 Å².